The Morgan fingerprint density at radius 3 is 2.29 bits per heavy atom. The minimum atomic E-state index is -2.19. The van der Waals surface area contributed by atoms with E-state index in [2.05, 4.69) is 5.32 Å². The normalized spacial score (nSPS) is 41.6. The zero-order valence-electron chi connectivity index (χ0n) is 26.4. The van der Waals surface area contributed by atoms with E-state index < -0.39 is 101 Å². The van der Waals surface area contributed by atoms with Gasteiger partial charge in [0.25, 0.3) is 0 Å². The number of carbonyl (C=O) groups is 4. The number of hydrogen-bond donors (Lipinski definition) is 6. The third-order valence-corrected chi connectivity index (χ3v) is 11.2. The van der Waals surface area contributed by atoms with Crippen molar-refractivity contribution in [2.75, 3.05) is 13.2 Å². The summed E-state index contributed by atoms with van der Waals surface area (Å²) in [5.74, 6) is -4.45. The number of ether oxygens (including phenoxy) is 4. The van der Waals surface area contributed by atoms with Gasteiger partial charge < -0.3 is 49.8 Å². The number of carbonyl (C=O) groups excluding carboxylic acids is 4. The molecule has 1 saturated heterocycles. The van der Waals surface area contributed by atoms with Crippen molar-refractivity contribution in [1.29, 1.82) is 0 Å². The second-order valence-electron chi connectivity index (χ2n) is 14.0. The molecule has 0 radical (unpaired) electrons. The summed E-state index contributed by atoms with van der Waals surface area (Å²) in [5.41, 5.74) is -7.17. The summed E-state index contributed by atoms with van der Waals surface area (Å²) in [6.07, 6.45) is -9.12. The zero-order chi connectivity index (χ0) is 33.4. The van der Waals surface area contributed by atoms with Crippen LogP contribution in [0.5, 0.6) is 0 Å². The lowest BCUT2D eigenvalue weighted by Crippen LogP contribution is -2.81. The lowest BCUT2D eigenvalue weighted by atomic mass is 9.45. The summed E-state index contributed by atoms with van der Waals surface area (Å²) < 4.78 is 22.0. The summed E-state index contributed by atoms with van der Waals surface area (Å²) in [6, 6.07) is -1.01. The first kappa shape index (κ1) is 33.7. The second-order valence-corrected chi connectivity index (χ2v) is 14.0. The fourth-order valence-corrected chi connectivity index (χ4v) is 8.37. The lowest BCUT2D eigenvalue weighted by Gasteiger charge is -2.66. The highest BCUT2D eigenvalue weighted by molar-refractivity contribution is 5.93. The summed E-state index contributed by atoms with van der Waals surface area (Å²) in [4.78, 5) is 52.5. The fraction of sp³-hybridized carbons (Fsp3) is 0.806. The van der Waals surface area contributed by atoms with Crippen LogP contribution < -0.4 is 5.32 Å². The number of aliphatic hydroxyl groups is 5. The molecule has 5 aliphatic rings. The number of aliphatic hydroxyl groups excluding tert-OH is 3. The molecule has 1 heterocycles. The van der Waals surface area contributed by atoms with Crippen molar-refractivity contribution in [3.05, 3.63) is 11.1 Å². The number of esters is 2. The van der Waals surface area contributed by atoms with Crippen molar-refractivity contribution in [1.82, 2.24) is 5.32 Å². The van der Waals surface area contributed by atoms with Crippen LogP contribution in [-0.4, -0.2) is 116 Å². The van der Waals surface area contributed by atoms with Crippen LogP contribution in [0, 0.1) is 22.7 Å². The third kappa shape index (κ3) is 4.99. The lowest BCUT2D eigenvalue weighted by molar-refractivity contribution is -0.345. The highest BCUT2D eigenvalue weighted by atomic mass is 16.6. The Labute approximate surface area is 261 Å². The Hall–Kier alpha value is -2.62. The van der Waals surface area contributed by atoms with Crippen molar-refractivity contribution >= 4 is 23.8 Å². The number of amides is 1. The van der Waals surface area contributed by atoms with Gasteiger partial charge in [0, 0.05) is 31.1 Å². The van der Waals surface area contributed by atoms with E-state index in [1.165, 1.54) is 13.8 Å². The number of nitrogens with one attached hydrogen (secondary N) is 1. The molecule has 6 N–H and O–H groups in total. The first-order chi connectivity index (χ1) is 20.9. The first-order valence-electron chi connectivity index (χ1n) is 15.5. The highest BCUT2D eigenvalue weighted by Crippen LogP contribution is 2.63. The molecule has 0 aromatic rings. The quantitative estimate of drug-likeness (QED) is 0.119. The Balaban J connectivity index is 1.59. The average molecular weight is 640 g/mol. The maximum atomic E-state index is 14.3. The molecule has 0 unspecified atom stereocenters. The SMILES string of the molecule is CCOC(=O)N[C@@H](C1CC1)[C@@H](O)C(=O)O[C@H]1C[C@@]2(O)[C@@H](OC(C)=O)[C@@H]3[C@]4(O)CO[C@@H]4C[C@H](O)[C@@]3(C)C(=O)[C@H](O)C(=C1C)C2(C)C. The Morgan fingerprint density at radius 2 is 1.76 bits per heavy atom. The maximum Gasteiger partial charge on any atom is 0.407 e. The average Bonchev–Trinajstić information content (AvgIpc) is 3.79. The molecule has 45 heavy (non-hydrogen) atoms. The molecule has 3 saturated carbocycles. The van der Waals surface area contributed by atoms with Gasteiger partial charge in [0.2, 0.25) is 0 Å². The molecule has 5 rings (SSSR count). The smallest absolute Gasteiger partial charge is 0.407 e. The molecular weight excluding hydrogens is 594 g/mol. The molecule has 14 nitrogen and oxygen atoms in total. The van der Waals surface area contributed by atoms with Gasteiger partial charge in [0.15, 0.2) is 11.9 Å². The van der Waals surface area contributed by atoms with E-state index >= 15 is 0 Å². The summed E-state index contributed by atoms with van der Waals surface area (Å²) in [7, 11) is 0. The number of hydrogen-bond acceptors (Lipinski definition) is 13. The van der Waals surface area contributed by atoms with Gasteiger partial charge in [-0.05, 0) is 50.7 Å². The summed E-state index contributed by atoms with van der Waals surface area (Å²) in [5, 5.41) is 61.3. The molecule has 4 fully saturated rings. The number of Topliss-reactive ketones (excluding diaryl/α,β-unsaturated/α-hetero) is 1. The topological polar surface area (TPSA) is 218 Å². The molecule has 0 aromatic carbocycles. The highest BCUT2D eigenvalue weighted by Gasteiger charge is 2.76. The Kier molecular flexibility index (Phi) is 8.45. The van der Waals surface area contributed by atoms with Crippen LogP contribution in [0.1, 0.15) is 67.2 Å². The minimum absolute atomic E-state index is 0.0000639. The van der Waals surface area contributed by atoms with Crippen molar-refractivity contribution in [2.24, 2.45) is 22.7 Å². The van der Waals surface area contributed by atoms with Crippen LogP contribution >= 0.6 is 0 Å². The van der Waals surface area contributed by atoms with Gasteiger partial charge in [-0.15, -0.1) is 0 Å². The molecule has 2 bridgehead atoms. The van der Waals surface area contributed by atoms with Crippen LogP contribution in [0.3, 0.4) is 0 Å². The largest absolute Gasteiger partial charge is 0.459 e. The van der Waals surface area contributed by atoms with Crippen LogP contribution in [0.15, 0.2) is 11.1 Å². The molecule has 4 aliphatic carbocycles. The van der Waals surface area contributed by atoms with E-state index in [0.29, 0.717) is 12.8 Å². The van der Waals surface area contributed by atoms with E-state index in [9.17, 15) is 44.7 Å². The number of ketones is 1. The molecule has 14 heteroatoms. The fourth-order valence-electron chi connectivity index (χ4n) is 8.37. The number of rotatable bonds is 7. The van der Waals surface area contributed by atoms with Crippen molar-refractivity contribution < 1.29 is 63.7 Å². The van der Waals surface area contributed by atoms with E-state index in [1.54, 1.807) is 20.8 Å². The van der Waals surface area contributed by atoms with Gasteiger partial charge >= 0.3 is 18.0 Å². The molecule has 0 spiro atoms. The predicted molar refractivity (Wildman–Crippen MR) is 152 cm³/mol. The third-order valence-electron chi connectivity index (χ3n) is 11.2. The predicted octanol–water partition coefficient (Wildman–Crippen LogP) is -0.346. The van der Waals surface area contributed by atoms with Crippen LogP contribution in [0.2, 0.25) is 0 Å². The van der Waals surface area contributed by atoms with Crippen molar-refractivity contribution in [3.63, 3.8) is 0 Å². The standard InChI is InChI=1S/C31H45NO13/c1-7-42-27(39)32-20(15-8-9-15)22(36)26(38)45-16-11-31(41)25(44-14(3)33)23-29(6,17(34)10-18-30(23,40)12-43-18)24(37)21(35)19(13(16)2)28(31,4)5/h15-18,20-23,25,34-36,40-41H,7-12H2,1-6H3,(H,32,39)/t16-,17-,18+,20-,21+,22+,23-,25-,29+,30-,31+/m0/s1. The monoisotopic (exact) mass is 639 g/mol. The van der Waals surface area contributed by atoms with E-state index in [0.717, 1.165) is 6.92 Å². The van der Waals surface area contributed by atoms with Crippen LogP contribution in [0.25, 0.3) is 0 Å². The molecular formula is C31H45NO13. The molecule has 0 aromatic heterocycles. The number of fused-ring (bicyclic) bond motifs is 5. The maximum absolute atomic E-state index is 14.3. The Bertz CT molecular complexity index is 1290. The zero-order valence-corrected chi connectivity index (χ0v) is 26.4. The van der Waals surface area contributed by atoms with Crippen LogP contribution in [-0.2, 0) is 33.3 Å². The van der Waals surface area contributed by atoms with Gasteiger partial charge in [-0.1, -0.05) is 13.8 Å². The summed E-state index contributed by atoms with van der Waals surface area (Å²) in [6.45, 7) is 8.54. The van der Waals surface area contributed by atoms with E-state index in [-0.39, 0.29) is 36.7 Å². The molecule has 252 valence electrons. The van der Waals surface area contributed by atoms with E-state index in [4.69, 9.17) is 18.9 Å². The number of alkyl carbamates (subject to hydrolysis) is 1. The van der Waals surface area contributed by atoms with E-state index in [1.807, 2.05) is 0 Å². The van der Waals surface area contributed by atoms with Gasteiger partial charge in [0.1, 0.15) is 29.5 Å². The molecule has 11 atom stereocenters. The first-order valence-corrected chi connectivity index (χ1v) is 15.5. The van der Waals surface area contributed by atoms with Gasteiger partial charge in [-0.2, -0.15) is 0 Å². The minimum Gasteiger partial charge on any atom is -0.459 e. The summed E-state index contributed by atoms with van der Waals surface area (Å²) >= 11 is 0. The Morgan fingerprint density at radius 1 is 1.11 bits per heavy atom. The van der Waals surface area contributed by atoms with Crippen molar-refractivity contribution in [3.8, 4) is 0 Å². The molecule has 1 aliphatic heterocycles. The van der Waals surface area contributed by atoms with Gasteiger partial charge in [0.05, 0.1) is 36.9 Å². The second kappa shape index (κ2) is 11.3. The van der Waals surface area contributed by atoms with Crippen molar-refractivity contribution in [2.45, 2.75) is 121 Å². The van der Waals surface area contributed by atoms with Gasteiger partial charge in [-0.3, -0.25) is 9.59 Å². The van der Waals surface area contributed by atoms with Crippen LogP contribution in [0.4, 0.5) is 4.79 Å². The molecule has 1 amide bonds. The van der Waals surface area contributed by atoms with Gasteiger partial charge in [-0.25, -0.2) is 9.59 Å².